The molecule has 0 unspecified atom stereocenters. The van der Waals surface area contributed by atoms with Crippen LogP contribution in [0.15, 0.2) is 12.1 Å². The van der Waals surface area contributed by atoms with Crippen molar-refractivity contribution in [2.75, 3.05) is 18.0 Å². The lowest BCUT2D eigenvalue weighted by atomic mass is 9.96. The van der Waals surface area contributed by atoms with E-state index < -0.39 is 0 Å². The molecule has 1 aliphatic heterocycles. The maximum atomic E-state index is 12.9. The lowest BCUT2D eigenvalue weighted by Gasteiger charge is -2.32. The molecule has 1 saturated carbocycles. The molecule has 1 aromatic heterocycles. The largest absolute Gasteiger partial charge is 0.353 e. The Morgan fingerprint density at radius 1 is 1.11 bits per heavy atom. The van der Waals surface area contributed by atoms with Crippen molar-refractivity contribution in [3.63, 3.8) is 0 Å². The van der Waals surface area contributed by atoms with Crippen LogP contribution in [0.1, 0.15) is 62.5 Å². The van der Waals surface area contributed by atoms with E-state index in [1.807, 2.05) is 0 Å². The highest BCUT2D eigenvalue weighted by molar-refractivity contribution is 7.22. The molecule has 5 heteroatoms. The Morgan fingerprint density at radius 2 is 1.89 bits per heavy atom. The van der Waals surface area contributed by atoms with Crippen molar-refractivity contribution in [1.82, 2.24) is 10.3 Å². The second kappa shape index (κ2) is 8.17. The van der Waals surface area contributed by atoms with Gasteiger partial charge in [-0.1, -0.05) is 43.1 Å². The molecular weight excluding hydrogens is 354 g/mol. The summed E-state index contributed by atoms with van der Waals surface area (Å²) in [4.78, 5) is 20.1. The van der Waals surface area contributed by atoms with Crippen LogP contribution in [0.3, 0.4) is 0 Å². The van der Waals surface area contributed by atoms with Gasteiger partial charge in [-0.15, -0.1) is 0 Å². The normalized spacial score (nSPS) is 22.0. The third kappa shape index (κ3) is 4.29. The molecule has 1 saturated heterocycles. The molecule has 2 heterocycles. The SMILES string of the molecule is Cc1cc(C)c2nc(N3CCC[C@@H](C(=O)NC4CCCCCC4)C3)sc2c1. The van der Waals surface area contributed by atoms with Crippen LogP contribution >= 0.6 is 11.3 Å². The molecule has 146 valence electrons. The number of nitrogens with zero attached hydrogens (tertiary/aromatic N) is 2. The van der Waals surface area contributed by atoms with Gasteiger partial charge in [0.1, 0.15) is 0 Å². The minimum Gasteiger partial charge on any atom is -0.353 e. The molecule has 4 nitrogen and oxygen atoms in total. The van der Waals surface area contributed by atoms with Crippen LogP contribution in [-0.4, -0.2) is 30.0 Å². The first-order valence-corrected chi connectivity index (χ1v) is 11.3. The molecule has 1 aromatic carbocycles. The molecule has 1 aliphatic carbocycles. The second-order valence-corrected chi connectivity index (χ2v) is 9.42. The molecule has 1 N–H and O–H groups in total. The van der Waals surface area contributed by atoms with E-state index in [-0.39, 0.29) is 11.8 Å². The minimum absolute atomic E-state index is 0.0943. The Kier molecular flexibility index (Phi) is 5.67. The number of aromatic nitrogens is 1. The van der Waals surface area contributed by atoms with Gasteiger partial charge in [-0.25, -0.2) is 4.98 Å². The summed E-state index contributed by atoms with van der Waals surface area (Å²) in [6, 6.07) is 4.82. The molecular formula is C22H31N3OS. The highest BCUT2D eigenvalue weighted by Gasteiger charge is 2.29. The van der Waals surface area contributed by atoms with E-state index in [9.17, 15) is 4.79 Å². The van der Waals surface area contributed by atoms with Crippen molar-refractivity contribution in [2.24, 2.45) is 5.92 Å². The Bertz CT molecular complexity index is 807. The van der Waals surface area contributed by atoms with Crippen molar-refractivity contribution >= 4 is 32.6 Å². The van der Waals surface area contributed by atoms with Crippen molar-refractivity contribution < 1.29 is 4.79 Å². The maximum Gasteiger partial charge on any atom is 0.225 e. The fraction of sp³-hybridized carbons (Fsp3) is 0.636. The van der Waals surface area contributed by atoms with Gasteiger partial charge in [0.15, 0.2) is 5.13 Å². The second-order valence-electron chi connectivity index (χ2n) is 8.41. The quantitative estimate of drug-likeness (QED) is 0.759. The van der Waals surface area contributed by atoms with Gasteiger partial charge < -0.3 is 10.2 Å². The van der Waals surface area contributed by atoms with Crippen molar-refractivity contribution in [1.29, 1.82) is 0 Å². The van der Waals surface area contributed by atoms with E-state index in [0.717, 1.165) is 49.4 Å². The highest BCUT2D eigenvalue weighted by atomic mass is 32.1. The number of carbonyl (C=O) groups is 1. The summed E-state index contributed by atoms with van der Waals surface area (Å²) < 4.78 is 1.26. The van der Waals surface area contributed by atoms with Gasteiger partial charge in [0, 0.05) is 19.1 Å². The van der Waals surface area contributed by atoms with E-state index in [1.54, 1.807) is 11.3 Å². The molecule has 0 bridgehead atoms. The smallest absolute Gasteiger partial charge is 0.225 e. The molecule has 0 spiro atoms. The number of benzene rings is 1. The van der Waals surface area contributed by atoms with Gasteiger partial charge in [-0.2, -0.15) is 0 Å². The van der Waals surface area contributed by atoms with Crippen LogP contribution in [-0.2, 0) is 4.79 Å². The first-order valence-electron chi connectivity index (χ1n) is 10.5. The number of thiazole rings is 1. The van der Waals surface area contributed by atoms with Gasteiger partial charge in [0.25, 0.3) is 0 Å². The van der Waals surface area contributed by atoms with Crippen LogP contribution in [0.25, 0.3) is 10.2 Å². The number of amides is 1. The molecule has 0 radical (unpaired) electrons. The maximum absolute atomic E-state index is 12.9. The summed E-state index contributed by atoms with van der Waals surface area (Å²) in [5, 5.41) is 4.44. The van der Waals surface area contributed by atoms with Crippen molar-refractivity contribution in [3.8, 4) is 0 Å². The van der Waals surface area contributed by atoms with E-state index in [4.69, 9.17) is 4.98 Å². The number of carbonyl (C=O) groups excluding carboxylic acids is 1. The third-order valence-corrected chi connectivity index (χ3v) is 7.15. The lowest BCUT2D eigenvalue weighted by Crippen LogP contribution is -2.46. The Morgan fingerprint density at radius 3 is 2.67 bits per heavy atom. The van der Waals surface area contributed by atoms with Crippen LogP contribution in [0.4, 0.5) is 5.13 Å². The standard InChI is InChI=1S/C22H31N3OS/c1-15-12-16(2)20-19(13-15)27-22(24-20)25-11-7-8-17(14-25)21(26)23-18-9-5-3-4-6-10-18/h12-13,17-18H,3-11,14H2,1-2H3,(H,23,26)/t17-/m1/s1. The molecule has 2 fully saturated rings. The molecule has 2 aliphatic rings. The first-order chi connectivity index (χ1) is 13.1. The fourth-order valence-corrected chi connectivity index (χ4v) is 5.78. The first kappa shape index (κ1) is 18.7. The highest BCUT2D eigenvalue weighted by Crippen LogP contribution is 2.33. The number of anilines is 1. The number of nitrogens with one attached hydrogen (secondary N) is 1. The Hall–Kier alpha value is -1.62. The van der Waals surface area contributed by atoms with Gasteiger partial charge in [0.2, 0.25) is 5.91 Å². The van der Waals surface area contributed by atoms with Gasteiger partial charge in [0.05, 0.1) is 16.1 Å². The molecule has 2 aromatic rings. The number of piperidine rings is 1. The zero-order valence-electron chi connectivity index (χ0n) is 16.6. The van der Waals surface area contributed by atoms with E-state index in [2.05, 4.69) is 36.2 Å². The Balaban J connectivity index is 1.44. The van der Waals surface area contributed by atoms with Crippen LogP contribution in [0.5, 0.6) is 0 Å². The van der Waals surface area contributed by atoms with Crippen LogP contribution in [0, 0.1) is 19.8 Å². The van der Waals surface area contributed by atoms with Gasteiger partial charge in [-0.05, 0) is 56.7 Å². The van der Waals surface area contributed by atoms with E-state index in [0.29, 0.717) is 6.04 Å². The van der Waals surface area contributed by atoms with Crippen LogP contribution in [0.2, 0.25) is 0 Å². The summed E-state index contributed by atoms with van der Waals surface area (Å²) in [6.45, 7) is 6.08. The predicted molar refractivity (Wildman–Crippen MR) is 114 cm³/mol. The average Bonchev–Trinajstić information content (AvgIpc) is 2.92. The molecule has 1 atom stereocenters. The molecule has 27 heavy (non-hydrogen) atoms. The number of rotatable bonds is 3. The van der Waals surface area contributed by atoms with Crippen LogP contribution < -0.4 is 10.2 Å². The van der Waals surface area contributed by atoms with E-state index in [1.165, 1.54) is 41.5 Å². The molecule has 4 rings (SSSR count). The summed E-state index contributed by atoms with van der Waals surface area (Å²) in [5.41, 5.74) is 3.65. The number of hydrogen-bond acceptors (Lipinski definition) is 4. The van der Waals surface area contributed by atoms with Crippen molar-refractivity contribution in [2.45, 2.75) is 71.3 Å². The third-order valence-electron chi connectivity index (χ3n) is 6.08. The van der Waals surface area contributed by atoms with Gasteiger partial charge in [-0.3, -0.25) is 4.79 Å². The summed E-state index contributed by atoms with van der Waals surface area (Å²) in [5.74, 6) is 0.358. The zero-order chi connectivity index (χ0) is 18.8. The van der Waals surface area contributed by atoms with E-state index >= 15 is 0 Å². The average molecular weight is 386 g/mol. The monoisotopic (exact) mass is 385 g/mol. The van der Waals surface area contributed by atoms with Gasteiger partial charge >= 0.3 is 0 Å². The molecule has 1 amide bonds. The fourth-order valence-electron chi connectivity index (χ4n) is 4.60. The van der Waals surface area contributed by atoms with Crippen molar-refractivity contribution in [3.05, 3.63) is 23.3 Å². The number of fused-ring (bicyclic) bond motifs is 1. The predicted octanol–water partition coefficient (Wildman–Crippen LogP) is 4.97. The topological polar surface area (TPSA) is 45.2 Å². The number of aryl methyl sites for hydroxylation is 2. The summed E-state index contributed by atoms with van der Waals surface area (Å²) in [6.07, 6.45) is 9.52. The Labute approximate surface area is 166 Å². The lowest BCUT2D eigenvalue weighted by molar-refractivity contribution is -0.126. The zero-order valence-corrected chi connectivity index (χ0v) is 17.4. The number of hydrogen-bond donors (Lipinski definition) is 1. The summed E-state index contributed by atoms with van der Waals surface area (Å²) in [7, 11) is 0. The minimum atomic E-state index is 0.0943. The summed E-state index contributed by atoms with van der Waals surface area (Å²) >= 11 is 1.77.